The number of nitrogens with zero attached hydrogens (tertiary/aromatic N) is 2. The zero-order chi connectivity index (χ0) is 10.1. The van der Waals surface area contributed by atoms with Gasteiger partial charge in [0.05, 0.1) is 11.3 Å². The van der Waals surface area contributed by atoms with Crippen LogP contribution in [0, 0.1) is 18.3 Å². The molecule has 3 heteroatoms. The monoisotopic (exact) mass is 187 g/mol. The van der Waals surface area contributed by atoms with Crippen molar-refractivity contribution >= 4 is 5.69 Å². The molecule has 1 aliphatic rings. The maximum Gasteiger partial charge on any atom is 0.101 e. The zero-order valence-corrected chi connectivity index (χ0v) is 8.20. The van der Waals surface area contributed by atoms with Gasteiger partial charge in [0, 0.05) is 19.1 Å². The number of hydrogen-bond acceptors (Lipinski definition) is 3. The maximum atomic E-state index is 8.97. The third-order valence-electron chi connectivity index (χ3n) is 2.58. The number of para-hydroxylation sites is 1. The van der Waals surface area contributed by atoms with Crippen LogP contribution in [0.2, 0.25) is 0 Å². The van der Waals surface area contributed by atoms with Gasteiger partial charge in [-0.05, 0) is 18.6 Å². The third kappa shape index (κ3) is 1.34. The van der Waals surface area contributed by atoms with Crippen molar-refractivity contribution in [3.63, 3.8) is 0 Å². The van der Waals surface area contributed by atoms with E-state index in [9.17, 15) is 0 Å². The van der Waals surface area contributed by atoms with E-state index in [1.165, 1.54) is 0 Å². The molecule has 1 aromatic carbocycles. The summed E-state index contributed by atoms with van der Waals surface area (Å²) in [7, 11) is 0. The van der Waals surface area contributed by atoms with E-state index < -0.39 is 0 Å². The molecule has 1 saturated heterocycles. The van der Waals surface area contributed by atoms with Gasteiger partial charge in [0.15, 0.2) is 0 Å². The van der Waals surface area contributed by atoms with Crippen LogP contribution in [0.1, 0.15) is 11.1 Å². The van der Waals surface area contributed by atoms with E-state index in [2.05, 4.69) is 11.0 Å². The molecule has 0 aromatic heterocycles. The third-order valence-corrected chi connectivity index (χ3v) is 2.58. The van der Waals surface area contributed by atoms with Crippen molar-refractivity contribution < 1.29 is 0 Å². The fraction of sp³-hybridized carbons (Fsp3) is 0.364. The Morgan fingerprint density at radius 1 is 1.50 bits per heavy atom. The lowest BCUT2D eigenvalue weighted by Gasteiger charge is -2.40. The Bertz CT molecular complexity index is 386. The summed E-state index contributed by atoms with van der Waals surface area (Å²) in [5, 5.41) is 8.97. The summed E-state index contributed by atoms with van der Waals surface area (Å²) in [5.74, 6) is 0. The van der Waals surface area contributed by atoms with Crippen molar-refractivity contribution in [2.45, 2.75) is 13.0 Å². The molecule has 1 aromatic rings. The second-order valence-corrected chi connectivity index (χ2v) is 3.75. The molecule has 2 N–H and O–H groups in total. The fourth-order valence-corrected chi connectivity index (χ4v) is 1.86. The zero-order valence-electron chi connectivity index (χ0n) is 8.20. The molecule has 2 rings (SSSR count). The van der Waals surface area contributed by atoms with E-state index in [1.807, 2.05) is 25.1 Å². The molecule has 3 nitrogen and oxygen atoms in total. The molecular weight excluding hydrogens is 174 g/mol. The summed E-state index contributed by atoms with van der Waals surface area (Å²) in [4.78, 5) is 2.17. The van der Waals surface area contributed by atoms with Gasteiger partial charge in [-0.3, -0.25) is 0 Å². The van der Waals surface area contributed by atoms with Gasteiger partial charge < -0.3 is 10.6 Å². The van der Waals surface area contributed by atoms with E-state index in [1.54, 1.807) is 0 Å². The second kappa shape index (κ2) is 3.32. The Balaban J connectivity index is 2.37. The summed E-state index contributed by atoms with van der Waals surface area (Å²) in [6.07, 6.45) is 0. The SMILES string of the molecule is Cc1cccc(C#N)c1N1CC(N)C1. The largest absolute Gasteiger partial charge is 0.367 e. The van der Waals surface area contributed by atoms with Gasteiger partial charge in [-0.2, -0.15) is 5.26 Å². The van der Waals surface area contributed by atoms with Gasteiger partial charge >= 0.3 is 0 Å². The van der Waals surface area contributed by atoms with E-state index in [0.29, 0.717) is 0 Å². The van der Waals surface area contributed by atoms with Crippen molar-refractivity contribution in [3.05, 3.63) is 29.3 Å². The highest BCUT2D eigenvalue weighted by Gasteiger charge is 2.26. The Kier molecular flexibility index (Phi) is 2.14. The second-order valence-electron chi connectivity index (χ2n) is 3.75. The van der Waals surface area contributed by atoms with Crippen LogP contribution in [-0.4, -0.2) is 19.1 Å². The first-order valence-electron chi connectivity index (χ1n) is 4.72. The van der Waals surface area contributed by atoms with Crippen molar-refractivity contribution in [2.24, 2.45) is 5.73 Å². The molecule has 72 valence electrons. The van der Waals surface area contributed by atoms with Crippen LogP contribution in [0.5, 0.6) is 0 Å². The van der Waals surface area contributed by atoms with Crippen LogP contribution < -0.4 is 10.6 Å². The van der Waals surface area contributed by atoms with E-state index in [-0.39, 0.29) is 6.04 Å². The molecule has 1 aliphatic heterocycles. The van der Waals surface area contributed by atoms with Crippen LogP contribution in [0.25, 0.3) is 0 Å². The van der Waals surface area contributed by atoms with Gasteiger partial charge in [0.2, 0.25) is 0 Å². The van der Waals surface area contributed by atoms with Crippen molar-refractivity contribution in [1.82, 2.24) is 0 Å². The first-order valence-corrected chi connectivity index (χ1v) is 4.72. The average Bonchev–Trinajstić information content (AvgIpc) is 2.13. The minimum atomic E-state index is 0.265. The first-order chi connectivity index (χ1) is 6.72. The molecule has 1 fully saturated rings. The number of rotatable bonds is 1. The number of nitrogens with two attached hydrogens (primary N) is 1. The van der Waals surface area contributed by atoms with Crippen molar-refractivity contribution in [3.8, 4) is 6.07 Å². The van der Waals surface area contributed by atoms with Crippen LogP contribution in [0.3, 0.4) is 0 Å². The Morgan fingerprint density at radius 3 is 2.79 bits per heavy atom. The van der Waals surface area contributed by atoms with Crippen LogP contribution >= 0.6 is 0 Å². The summed E-state index contributed by atoms with van der Waals surface area (Å²) in [6.45, 7) is 3.75. The highest BCUT2D eigenvalue weighted by atomic mass is 15.2. The number of benzene rings is 1. The lowest BCUT2D eigenvalue weighted by molar-refractivity contribution is 0.518. The predicted octanol–water partition coefficient (Wildman–Crippen LogP) is 1.01. The molecule has 0 bridgehead atoms. The summed E-state index contributed by atoms with van der Waals surface area (Å²) in [6, 6.07) is 8.28. The minimum Gasteiger partial charge on any atom is -0.367 e. The quantitative estimate of drug-likeness (QED) is 0.714. The smallest absolute Gasteiger partial charge is 0.101 e. The predicted molar refractivity (Wildman–Crippen MR) is 56.1 cm³/mol. The Hall–Kier alpha value is -1.53. The van der Waals surface area contributed by atoms with Crippen LogP contribution in [-0.2, 0) is 0 Å². The normalized spacial score (nSPS) is 16.2. The highest BCUT2D eigenvalue weighted by molar-refractivity contribution is 5.65. The van der Waals surface area contributed by atoms with Gasteiger partial charge in [-0.25, -0.2) is 0 Å². The maximum absolute atomic E-state index is 8.97. The molecular formula is C11H13N3. The lowest BCUT2D eigenvalue weighted by Crippen LogP contribution is -2.56. The number of nitriles is 1. The first kappa shape index (κ1) is 9.04. The summed E-state index contributed by atoms with van der Waals surface area (Å²) >= 11 is 0. The summed E-state index contributed by atoms with van der Waals surface area (Å²) in [5.41, 5.74) is 8.67. The number of hydrogen-bond donors (Lipinski definition) is 1. The molecule has 0 radical (unpaired) electrons. The molecule has 0 atom stereocenters. The lowest BCUT2D eigenvalue weighted by atomic mass is 10.0. The van der Waals surface area contributed by atoms with Crippen molar-refractivity contribution in [2.75, 3.05) is 18.0 Å². The average molecular weight is 187 g/mol. The molecule has 0 saturated carbocycles. The highest BCUT2D eigenvalue weighted by Crippen LogP contribution is 2.27. The molecule has 0 amide bonds. The van der Waals surface area contributed by atoms with Gasteiger partial charge in [0.1, 0.15) is 6.07 Å². The summed E-state index contributed by atoms with van der Waals surface area (Å²) < 4.78 is 0. The van der Waals surface area contributed by atoms with E-state index in [0.717, 1.165) is 29.9 Å². The Morgan fingerprint density at radius 2 is 2.21 bits per heavy atom. The molecule has 14 heavy (non-hydrogen) atoms. The molecule has 0 aliphatic carbocycles. The standard InChI is InChI=1S/C11H13N3/c1-8-3-2-4-9(5-12)11(8)14-6-10(13)7-14/h2-4,10H,6-7,13H2,1H3. The molecule has 1 heterocycles. The topological polar surface area (TPSA) is 53.0 Å². The van der Waals surface area contributed by atoms with Crippen LogP contribution in [0.15, 0.2) is 18.2 Å². The van der Waals surface area contributed by atoms with Gasteiger partial charge in [-0.1, -0.05) is 12.1 Å². The number of anilines is 1. The fourth-order valence-electron chi connectivity index (χ4n) is 1.86. The van der Waals surface area contributed by atoms with E-state index >= 15 is 0 Å². The van der Waals surface area contributed by atoms with Gasteiger partial charge in [-0.15, -0.1) is 0 Å². The van der Waals surface area contributed by atoms with Gasteiger partial charge in [0.25, 0.3) is 0 Å². The minimum absolute atomic E-state index is 0.265. The Labute approximate surface area is 83.7 Å². The molecule has 0 unspecified atom stereocenters. The number of aryl methyl sites for hydroxylation is 1. The van der Waals surface area contributed by atoms with Crippen molar-refractivity contribution in [1.29, 1.82) is 5.26 Å². The van der Waals surface area contributed by atoms with E-state index in [4.69, 9.17) is 11.0 Å². The van der Waals surface area contributed by atoms with Crippen LogP contribution in [0.4, 0.5) is 5.69 Å². The molecule has 0 spiro atoms.